The monoisotopic (exact) mass is 405 g/mol. The van der Waals surface area contributed by atoms with Gasteiger partial charge in [0.1, 0.15) is 11.5 Å². The van der Waals surface area contributed by atoms with E-state index in [1.54, 1.807) is 24.0 Å². The SMILES string of the molecule is CCCCN(Cc1cccc(C(=O)OC)c1C)C(=O)c1cc(Cl)c(O)cc1O. The van der Waals surface area contributed by atoms with Gasteiger partial charge in [0.15, 0.2) is 0 Å². The number of halogens is 1. The summed E-state index contributed by atoms with van der Waals surface area (Å²) in [5, 5.41) is 19.7. The number of nitrogens with zero attached hydrogens (tertiary/aromatic N) is 1. The summed E-state index contributed by atoms with van der Waals surface area (Å²) >= 11 is 5.91. The lowest BCUT2D eigenvalue weighted by Crippen LogP contribution is -2.32. The molecule has 2 rings (SSSR count). The van der Waals surface area contributed by atoms with E-state index in [9.17, 15) is 19.8 Å². The third kappa shape index (κ3) is 4.75. The maximum absolute atomic E-state index is 13.1. The number of amides is 1. The largest absolute Gasteiger partial charge is 0.507 e. The molecule has 0 radical (unpaired) electrons. The molecule has 150 valence electrons. The molecule has 0 saturated heterocycles. The summed E-state index contributed by atoms with van der Waals surface area (Å²) in [6, 6.07) is 7.57. The predicted octanol–water partition coefficient (Wildman–Crippen LogP) is 4.29. The van der Waals surface area contributed by atoms with Crippen LogP contribution in [0.2, 0.25) is 5.02 Å². The molecule has 7 heteroatoms. The fourth-order valence-electron chi connectivity index (χ4n) is 2.89. The minimum Gasteiger partial charge on any atom is -0.507 e. The van der Waals surface area contributed by atoms with Crippen molar-refractivity contribution in [3.05, 3.63) is 57.6 Å². The van der Waals surface area contributed by atoms with Crippen LogP contribution < -0.4 is 0 Å². The van der Waals surface area contributed by atoms with Gasteiger partial charge in [-0.25, -0.2) is 4.79 Å². The number of benzene rings is 2. The Hall–Kier alpha value is -2.73. The quantitative estimate of drug-likeness (QED) is 0.671. The van der Waals surface area contributed by atoms with Crippen LogP contribution in [0.4, 0.5) is 0 Å². The molecule has 0 bridgehead atoms. The molecular formula is C21H24ClNO5. The van der Waals surface area contributed by atoms with E-state index in [1.807, 2.05) is 13.0 Å². The minimum atomic E-state index is -0.436. The number of phenols is 2. The second-order valence-corrected chi connectivity index (χ2v) is 6.89. The van der Waals surface area contributed by atoms with Gasteiger partial charge in [0, 0.05) is 19.2 Å². The first-order chi connectivity index (χ1) is 13.3. The lowest BCUT2D eigenvalue weighted by Gasteiger charge is -2.24. The first kappa shape index (κ1) is 21.6. The van der Waals surface area contributed by atoms with Gasteiger partial charge in [-0.2, -0.15) is 0 Å². The average Bonchev–Trinajstić information content (AvgIpc) is 2.68. The summed E-state index contributed by atoms with van der Waals surface area (Å²) < 4.78 is 4.81. The van der Waals surface area contributed by atoms with Crippen molar-refractivity contribution in [2.45, 2.75) is 33.2 Å². The highest BCUT2D eigenvalue weighted by Crippen LogP contribution is 2.32. The highest BCUT2D eigenvalue weighted by Gasteiger charge is 2.22. The van der Waals surface area contributed by atoms with Crippen LogP contribution in [0.1, 0.15) is 51.6 Å². The molecule has 0 unspecified atom stereocenters. The van der Waals surface area contributed by atoms with Gasteiger partial charge in [-0.15, -0.1) is 0 Å². The zero-order valence-electron chi connectivity index (χ0n) is 16.2. The summed E-state index contributed by atoms with van der Waals surface area (Å²) in [4.78, 5) is 26.6. The molecule has 0 spiro atoms. The Bertz CT molecular complexity index is 881. The van der Waals surface area contributed by atoms with Crippen LogP contribution in [0.15, 0.2) is 30.3 Å². The third-order valence-electron chi connectivity index (χ3n) is 4.58. The summed E-state index contributed by atoms with van der Waals surface area (Å²) in [5.74, 6) is -1.48. The predicted molar refractivity (Wildman–Crippen MR) is 107 cm³/mol. The van der Waals surface area contributed by atoms with E-state index in [4.69, 9.17) is 16.3 Å². The Labute approximate surface area is 169 Å². The Morgan fingerprint density at radius 2 is 1.86 bits per heavy atom. The second kappa shape index (κ2) is 9.46. The molecule has 0 aliphatic heterocycles. The molecule has 0 fully saturated rings. The summed E-state index contributed by atoms with van der Waals surface area (Å²) in [7, 11) is 1.32. The number of phenolic OH excluding ortho intramolecular Hbond substituents is 2. The van der Waals surface area contributed by atoms with Crippen LogP contribution in [0.3, 0.4) is 0 Å². The number of unbranched alkanes of at least 4 members (excludes halogenated alkanes) is 1. The molecule has 6 nitrogen and oxygen atoms in total. The van der Waals surface area contributed by atoms with Crippen molar-refractivity contribution < 1.29 is 24.5 Å². The van der Waals surface area contributed by atoms with Crippen LogP contribution in [0.5, 0.6) is 11.5 Å². The van der Waals surface area contributed by atoms with Crippen molar-refractivity contribution in [2.24, 2.45) is 0 Å². The average molecular weight is 406 g/mol. The molecule has 28 heavy (non-hydrogen) atoms. The van der Waals surface area contributed by atoms with Crippen molar-refractivity contribution in [1.82, 2.24) is 4.90 Å². The van der Waals surface area contributed by atoms with E-state index in [0.717, 1.165) is 30.0 Å². The molecule has 2 N–H and O–H groups in total. The number of methoxy groups -OCH3 is 1. The van der Waals surface area contributed by atoms with Gasteiger partial charge in [0.25, 0.3) is 5.91 Å². The molecular weight excluding hydrogens is 382 g/mol. The number of rotatable bonds is 7. The Balaban J connectivity index is 2.39. The van der Waals surface area contributed by atoms with Crippen LogP contribution in [-0.2, 0) is 11.3 Å². The van der Waals surface area contributed by atoms with Crippen LogP contribution in [0, 0.1) is 6.92 Å². The number of carbonyl (C=O) groups is 2. The van der Waals surface area contributed by atoms with Gasteiger partial charge in [0.2, 0.25) is 0 Å². The lowest BCUT2D eigenvalue weighted by atomic mass is 10.0. The number of carbonyl (C=O) groups excluding carboxylic acids is 2. The molecule has 1 amide bonds. The minimum absolute atomic E-state index is 0.0135. The Kier molecular flexibility index (Phi) is 7.29. The molecule has 0 aromatic heterocycles. The maximum atomic E-state index is 13.1. The summed E-state index contributed by atoms with van der Waals surface area (Å²) in [6.45, 7) is 4.54. The lowest BCUT2D eigenvalue weighted by molar-refractivity contribution is 0.0599. The van der Waals surface area contributed by atoms with E-state index in [0.29, 0.717) is 12.1 Å². The smallest absolute Gasteiger partial charge is 0.338 e. The molecule has 0 heterocycles. The Morgan fingerprint density at radius 3 is 2.50 bits per heavy atom. The van der Waals surface area contributed by atoms with Crippen LogP contribution in [-0.4, -0.2) is 40.6 Å². The molecule has 2 aromatic rings. The standard InChI is InChI=1S/C21H24ClNO5/c1-4-5-9-23(20(26)16-10-17(22)19(25)11-18(16)24)12-14-7-6-8-15(13(14)2)21(27)28-3/h6-8,10-11,24-25H,4-5,9,12H2,1-3H3. The van der Waals surface area contributed by atoms with Gasteiger partial charge < -0.3 is 19.8 Å². The van der Waals surface area contributed by atoms with Crippen LogP contribution >= 0.6 is 11.6 Å². The van der Waals surface area contributed by atoms with Gasteiger partial charge >= 0.3 is 5.97 Å². The fourth-order valence-corrected chi connectivity index (χ4v) is 3.05. The first-order valence-corrected chi connectivity index (χ1v) is 9.35. The van der Waals surface area contributed by atoms with E-state index < -0.39 is 11.9 Å². The van der Waals surface area contributed by atoms with Crippen molar-refractivity contribution in [3.63, 3.8) is 0 Å². The second-order valence-electron chi connectivity index (χ2n) is 6.48. The zero-order valence-corrected chi connectivity index (χ0v) is 16.9. The highest BCUT2D eigenvalue weighted by molar-refractivity contribution is 6.32. The van der Waals surface area contributed by atoms with E-state index in [2.05, 4.69) is 0 Å². The molecule has 2 aromatic carbocycles. The highest BCUT2D eigenvalue weighted by atomic mass is 35.5. The van der Waals surface area contributed by atoms with Crippen molar-refractivity contribution >= 4 is 23.5 Å². The summed E-state index contributed by atoms with van der Waals surface area (Å²) in [5.41, 5.74) is 1.99. The van der Waals surface area contributed by atoms with E-state index in [-0.39, 0.29) is 28.6 Å². The molecule has 0 aliphatic rings. The van der Waals surface area contributed by atoms with Crippen molar-refractivity contribution in [3.8, 4) is 11.5 Å². The van der Waals surface area contributed by atoms with Gasteiger partial charge in [0.05, 0.1) is 23.3 Å². The zero-order chi connectivity index (χ0) is 20.8. The number of hydrogen-bond acceptors (Lipinski definition) is 5. The fraction of sp³-hybridized carbons (Fsp3) is 0.333. The number of ether oxygens (including phenoxy) is 1. The van der Waals surface area contributed by atoms with E-state index in [1.165, 1.54) is 13.2 Å². The number of aromatic hydroxyl groups is 2. The normalized spacial score (nSPS) is 10.6. The number of esters is 1. The molecule has 0 saturated carbocycles. The maximum Gasteiger partial charge on any atom is 0.338 e. The topological polar surface area (TPSA) is 87.1 Å². The van der Waals surface area contributed by atoms with E-state index >= 15 is 0 Å². The first-order valence-electron chi connectivity index (χ1n) is 8.97. The van der Waals surface area contributed by atoms with Gasteiger partial charge in [-0.1, -0.05) is 37.1 Å². The van der Waals surface area contributed by atoms with Crippen molar-refractivity contribution in [2.75, 3.05) is 13.7 Å². The summed E-state index contributed by atoms with van der Waals surface area (Å²) in [6.07, 6.45) is 1.65. The third-order valence-corrected chi connectivity index (χ3v) is 4.88. The van der Waals surface area contributed by atoms with Crippen molar-refractivity contribution in [1.29, 1.82) is 0 Å². The van der Waals surface area contributed by atoms with Crippen LogP contribution in [0.25, 0.3) is 0 Å². The Morgan fingerprint density at radius 1 is 1.14 bits per heavy atom. The van der Waals surface area contributed by atoms with Gasteiger partial charge in [-0.05, 0) is 36.6 Å². The molecule has 0 aliphatic carbocycles. The van der Waals surface area contributed by atoms with Gasteiger partial charge in [-0.3, -0.25) is 4.79 Å². The number of hydrogen-bond donors (Lipinski definition) is 2. The molecule has 0 atom stereocenters.